The van der Waals surface area contributed by atoms with Crippen molar-refractivity contribution in [2.45, 2.75) is 11.1 Å². The zero-order chi connectivity index (χ0) is 14.1. The minimum atomic E-state index is -1.16. The van der Waals surface area contributed by atoms with Crippen molar-refractivity contribution in [3.63, 3.8) is 0 Å². The highest BCUT2D eigenvalue weighted by Gasteiger charge is 2.29. The topological polar surface area (TPSA) is 145 Å². The Balaban J connectivity index is -0.00000144. The molecule has 0 amide bonds. The standard InChI is InChI=1S/C10H24N2O6.2ClH/c13-3-9(4-14,5-15)11-1-2-12-10(6-16,7-17)8-18;;/h11-18H,1-8H2;2*1H. The van der Waals surface area contributed by atoms with Gasteiger partial charge < -0.3 is 41.3 Å². The molecule has 0 saturated heterocycles. The lowest BCUT2D eigenvalue weighted by atomic mass is 10.0. The maximum Gasteiger partial charge on any atom is 0.0882 e. The third-order valence-corrected chi connectivity index (χ3v) is 2.94. The molecule has 0 rings (SSSR count). The fourth-order valence-electron chi connectivity index (χ4n) is 1.29. The Morgan fingerprint density at radius 2 is 0.700 bits per heavy atom. The highest BCUT2D eigenvalue weighted by atomic mass is 35.5. The van der Waals surface area contributed by atoms with Crippen molar-refractivity contribution in [3.05, 3.63) is 0 Å². The van der Waals surface area contributed by atoms with Gasteiger partial charge in [-0.05, 0) is 0 Å². The molecule has 0 radical (unpaired) electrons. The Morgan fingerprint density at radius 1 is 0.500 bits per heavy atom. The van der Waals surface area contributed by atoms with Crippen LogP contribution in [-0.4, -0.2) is 94.4 Å². The smallest absolute Gasteiger partial charge is 0.0882 e. The predicted octanol–water partition coefficient (Wildman–Crippen LogP) is -3.56. The van der Waals surface area contributed by atoms with Gasteiger partial charge in [-0.1, -0.05) is 0 Å². The maximum absolute atomic E-state index is 9.05. The van der Waals surface area contributed by atoms with Crippen LogP contribution in [0.15, 0.2) is 0 Å². The van der Waals surface area contributed by atoms with Crippen LogP contribution in [0.25, 0.3) is 0 Å². The summed E-state index contributed by atoms with van der Waals surface area (Å²) in [4.78, 5) is 0. The second kappa shape index (κ2) is 13.0. The van der Waals surface area contributed by atoms with Gasteiger partial charge in [0.25, 0.3) is 0 Å². The lowest BCUT2D eigenvalue weighted by Gasteiger charge is -2.32. The molecule has 0 aliphatic heterocycles. The molecule has 0 atom stereocenters. The van der Waals surface area contributed by atoms with Gasteiger partial charge in [0.05, 0.1) is 50.7 Å². The van der Waals surface area contributed by atoms with Gasteiger partial charge in [0.2, 0.25) is 0 Å². The molecular weight excluding hydrogens is 315 g/mol. The number of aliphatic hydroxyl groups is 6. The van der Waals surface area contributed by atoms with Crippen LogP contribution in [0.2, 0.25) is 0 Å². The summed E-state index contributed by atoms with van der Waals surface area (Å²) in [6.45, 7) is -2.02. The van der Waals surface area contributed by atoms with Crippen LogP contribution >= 0.6 is 24.8 Å². The first-order valence-corrected chi connectivity index (χ1v) is 5.73. The monoisotopic (exact) mass is 340 g/mol. The van der Waals surface area contributed by atoms with Crippen molar-refractivity contribution in [2.75, 3.05) is 52.7 Å². The summed E-state index contributed by atoms with van der Waals surface area (Å²) < 4.78 is 0. The number of hydrogen-bond donors (Lipinski definition) is 8. The Hall–Kier alpha value is 0.260. The lowest BCUT2D eigenvalue weighted by Crippen LogP contribution is -2.59. The molecule has 126 valence electrons. The number of nitrogens with one attached hydrogen (secondary N) is 2. The predicted molar refractivity (Wildman–Crippen MR) is 78.5 cm³/mol. The fourth-order valence-corrected chi connectivity index (χ4v) is 1.29. The molecule has 0 aromatic carbocycles. The molecule has 0 aliphatic rings. The molecule has 0 bridgehead atoms. The van der Waals surface area contributed by atoms with Gasteiger partial charge in [0.1, 0.15) is 0 Å². The summed E-state index contributed by atoms with van der Waals surface area (Å²) in [6.07, 6.45) is 0. The first kappa shape index (κ1) is 25.2. The third kappa shape index (κ3) is 7.32. The molecule has 0 aromatic heterocycles. The first-order valence-electron chi connectivity index (χ1n) is 5.73. The van der Waals surface area contributed by atoms with Gasteiger partial charge in [-0.2, -0.15) is 0 Å². The van der Waals surface area contributed by atoms with Gasteiger partial charge in [-0.25, -0.2) is 0 Å². The first-order chi connectivity index (χ1) is 8.57. The molecule has 0 aromatic rings. The van der Waals surface area contributed by atoms with Gasteiger partial charge >= 0.3 is 0 Å². The lowest BCUT2D eigenvalue weighted by molar-refractivity contribution is 0.0329. The van der Waals surface area contributed by atoms with Crippen LogP contribution in [0.1, 0.15) is 0 Å². The van der Waals surface area contributed by atoms with Crippen LogP contribution in [-0.2, 0) is 0 Å². The molecule has 0 fully saturated rings. The average molecular weight is 341 g/mol. The third-order valence-electron chi connectivity index (χ3n) is 2.94. The fraction of sp³-hybridized carbons (Fsp3) is 1.00. The molecule has 0 unspecified atom stereocenters. The van der Waals surface area contributed by atoms with Gasteiger partial charge in [-0.15, -0.1) is 24.8 Å². The SMILES string of the molecule is Cl.Cl.OCC(CO)(CO)NCCNC(CO)(CO)CO. The molecule has 0 heterocycles. The molecule has 20 heavy (non-hydrogen) atoms. The van der Waals surface area contributed by atoms with E-state index in [0.29, 0.717) is 0 Å². The van der Waals surface area contributed by atoms with Crippen LogP contribution < -0.4 is 10.6 Å². The quantitative estimate of drug-likeness (QED) is 0.180. The van der Waals surface area contributed by atoms with Crippen molar-refractivity contribution in [1.29, 1.82) is 0 Å². The Kier molecular flexibility index (Phi) is 16.3. The minimum Gasteiger partial charge on any atom is -0.394 e. The maximum atomic E-state index is 9.05. The van der Waals surface area contributed by atoms with Crippen molar-refractivity contribution in [2.24, 2.45) is 0 Å². The number of aliphatic hydroxyl groups excluding tert-OH is 6. The van der Waals surface area contributed by atoms with E-state index in [1.54, 1.807) is 0 Å². The average Bonchev–Trinajstić information content (AvgIpc) is 2.45. The Bertz CT molecular complexity index is 179. The van der Waals surface area contributed by atoms with E-state index in [9.17, 15) is 0 Å². The minimum absolute atomic E-state index is 0. The zero-order valence-corrected chi connectivity index (χ0v) is 12.8. The second-order valence-electron chi connectivity index (χ2n) is 4.36. The van der Waals surface area contributed by atoms with E-state index in [1.165, 1.54) is 0 Å². The summed E-state index contributed by atoms with van der Waals surface area (Å²) in [6, 6.07) is 0. The number of hydrogen-bond acceptors (Lipinski definition) is 8. The van der Waals surface area contributed by atoms with Crippen LogP contribution in [0, 0.1) is 0 Å². The molecule has 0 saturated carbocycles. The van der Waals surface area contributed by atoms with E-state index in [4.69, 9.17) is 30.6 Å². The van der Waals surface area contributed by atoms with E-state index in [0.717, 1.165) is 0 Å². The highest BCUT2D eigenvalue weighted by molar-refractivity contribution is 5.85. The van der Waals surface area contributed by atoms with E-state index in [2.05, 4.69) is 10.6 Å². The molecule has 8 nitrogen and oxygen atoms in total. The van der Waals surface area contributed by atoms with Crippen molar-refractivity contribution in [3.8, 4) is 0 Å². The summed E-state index contributed by atoms with van der Waals surface area (Å²) >= 11 is 0. The number of halogens is 2. The van der Waals surface area contributed by atoms with Gasteiger partial charge in [-0.3, -0.25) is 0 Å². The van der Waals surface area contributed by atoms with E-state index in [1.807, 2.05) is 0 Å². The van der Waals surface area contributed by atoms with Gasteiger partial charge in [0, 0.05) is 13.1 Å². The highest BCUT2D eigenvalue weighted by Crippen LogP contribution is 2.02. The van der Waals surface area contributed by atoms with Crippen molar-refractivity contribution in [1.82, 2.24) is 10.6 Å². The summed E-state index contributed by atoms with van der Waals surface area (Å²) in [5, 5.41) is 59.8. The van der Waals surface area contributed by atoms with Crippen molar-refractivity contribution < 1.29 is 30.6 Å². The molecule has 0 aliphatic carbocycles. The summed E-state index contributed by atoms with van der Waals surface area (Å²) in [5.41, 5.74) is -2.33. The summed E-state index contributed by atoms with van der Waals surface area (Å²) in [5.74, 6) is 0. The molecular formula is C10H26Cl2N2O6. The number of rotatable bonds is 11. The Morgan fingerprint density at radius 3 is 0.850 bits per heavy atom. The van der Waals surface area contributed by atoms with Crippen LogP contribution in [0.5, 0.6) is 0 Å². The Labute approximate surface area is 130 Å². The summed E-state index contributed by atoms with van der Waals surface area (Å²) in [7, 11) is 0. The van der Waals surface area contributed by atoms with Crippen LogP contribution in [0.4, 0.5) is 0 Å². The molecule has 8 N–H and O–H groups in total. The van der Waals surface area contributed by atoms with E-state index < -0.39 is 50.7 Å². The normalized spacial score (nSPS) is 11.7. The zero-order valence-electron chi connectivity index (χ0n) is 11.2. The molecule has 10 heteroatoms. The van der Waals surface area contributed by atoms with Gasteiger partial charge in [0.15, 0.2) is 0 Å². The second-order valence-corrected chi connectivity index (χ2v) is 4.36. The largest absolute Gasteiger partial charge is 0.394 e. The van der Waals surface area contributed by atoms with Crippen LogP contribution in [0.3, 0.4) is 0 Å². The van der Waals surface area contributed by atoms with E-state index >= 15 is 0 Å². The van der Waals surface area contributed by atoms with E-state index in [-0.39, 0.29) is 37.9 Å². The molecule has 0 spiro atoms. The van der Waals surface area contributed by atoms with Crippen molar-refractivity contribution >= 4 is 24.8 Å².